The maximum Gasteiger partial charge on any atom is 0.283 e. The minimum absolute atomic E-state index is 0.0213. The number of ether oxygens (including phenoxy) is 3. The highest BCUT2D eigenvalue weighted by molar-refractivity contribution is 8.27. The number of benzene rings is 3. The van der Waals surface area contributed by atoms with Crippen LogP contribution in [0.3, 0.4) is 0 Å². The molecule has 0 saturated heterocycles. The molecule has 3 aromatic carbocycles. The summed E-state index contributed by atoms with van der Waals surface area (Å²) in [5.74, 6) is 1.84. The van der Waals surface area contributed by atoms with Crippen LogP contribution in [0.5, 0.6) is 17.2 Å². The molecule has 0 unspecified atom stereocenters. The number of carbonyl (C=O) groups excluding carboxylic acids is 1. The summed E-state index contributed by atoms with van der Waals surface area (Å²) < 4.78 is 17.9. The van der Waals surface area contributed by atoms with Crippen LogP contribution in [-0.4, -0.2) is 46.8 Å². The van der Waals surface area contributed by atoms with Crippen molar-refractivity contribution in [3.63, 3.8) is 0 Å². The number of hydrogen-bond donors (Lipinski definition) is 1. The molecule has 3 aromatic rings. The number of nitrogens with zero attached hydrogens (tertiary/aromatic N) is 3. The minimum Gasteiger partial charge on any atom is -0.490 e. The molecular formula is C33H34N4O4S. The highest BCUT2D eigenvalue weighted by Crippen LogP contribution is 2.33. The Balaban J connectivity index is 1.29. The number of thioether (sulfide) groups is 1. The Morgan fingerprint density at radius 2 is 1.62 bits per heavy atom. The molecule has 1 N–H and O–H groups in total. The van der Waals surface area contributed by atoms with Crippen LogP contribution in [0.4, 0.5) is 0 Å². The molecule has 0 bridgehead atoms. The molecule has 0 spiro atoms. The van der Waals surface area contributed by atoms with Crippen LogP contribution in [0.25, 0.3) is 6.08 Å². The van der Waals surface area contributed by atoms with Crippen molar-refractivity contribution in [2.24, 2.45) is 10.1 Å². The van der Waals surface area contributed by atoms with Crippen molar-refractivity contribution in [3.05, 3.63) is 94.1 Å². The zero-order valence-electron chi connectivity index (χ0n) is 24.4. The molecule has 0 saturated carbocycles. The number of fused-ring (bicyclic) bond motifs is 1. The number of aliphatic imine (C=N–C) groups is 1. The van der Waals surface area contributed by atoms with Gasteiger partial charge in [0.25, 0.3) is 5.91 Å². The summed E-state index contributed by atoms with van der Waals surface area (Å²) in [7, 11) is 0. The second-order valence-electron chi connectivity index (χ2n) is 10.3. The van der Waals surface area contributed by atoms with Crippen LogP contribution >= 0.6 is 11.8 Å². The van der Waals surface area contributed by atoms with Gasteiger partial charge in [0.1, 0.15) is 24.0 Å². The lowest BCUT2D eigenvalue weighted by Crippen LogP contribution is -2.35. The van der Waals surface area contributed by atoms with Crippen LogP contribution in [0.15, 0.2) is 76.3 Å². The van der Waals surface area contributed by atoms with Crippen molar-refractivity contribution in [3.8, 4) is 17.2 Å². The van der Waals surface area contributed by atoms with Gasteiger partial charge in [0, 0.05) is 5.56 Å². The molecule has 2 aliphatic heterocycles. The third-order valence-corrected chi connectivity index (χ3v) is 7.68. The van der Waals surface area contributed by atoms with Gasteiger partial charge in [-0.2, -0.15) is 15.1 Å². The fraction of sp³-hybridized carbons (Fsp3) is 0.273. The van der Waals surface area contributed by atoms with E-state index in [1.165, 1.54) is 16.8 Å². The van der Waals surface area contributed by atoms with E-state index in [-0.39, 0.29) is 11.4 Å². The molecule has 8 nitrogen and oxygen atoms in total. The normalized spacial score (nSPS) is 15.6. The zero-order chi connectivity index (χ0) is 29.8. The number of carbonyl (C=O) groups is 1. The molecule has 0 atom stereocenters. The van der Waals surface area contributed by atoms with Gasteiger partial charge >= 0.3 is 0 Å². The fourth-order valence-electron chi connectivity index (χ4n) is 4.52. The monoisotopic (exact) mass is 582 g/mol. The smallest absolute Gasteiger partial charge is 0.283 e. The lowest BCUT2D eigenvalue weighted by molar-refractivity contribution is -0.114. The van der Waals surface area contributed by atoms with E-state index in [2.05, 4.69) is 42.1 Å². The van der Waals surface area contributed by atoms with Gasteiger partial charge in [-0.3, -0.25) is 10.2 Å². The molecule has 2 heterocycles. The molecule has 0 fully saturated rings. The quantitative estimate of drug-likeness (QED) is 0.205. The summed E-state index contributed by atoms with van der Waals surface area (Å²) in [6, 6.07) is 19.6. The van der Waals surface area contributed by atoms with E-state index in [1.807, 2.05) is 51.1 Å². The summed E-state index contributed by atoms with van der Waals surface area (Å²) in [5.41, 5.74) is 5.20. The van der Waals surface area contributed by atoms with Crippen LogP contribution < -0.4 is 14.2 Å². The van der Waals surface area contributed by atoms with Crippen molar-refractivity contribution in [2.45, 2.75) is 40.5 Å². The van der Waals surface area contributed by atoms with Crippen molar-refractivity contribution in [2.75, 3.05) is 19.8 Å². The Morgan fingerprint density at radius 3 is 2.33 bits per heavy atom. The maximum atomic E-state index is 12.9. The van der Waals surface area contributed by atoms with Gasteiger partial charge in [0.05, 0.1) is 12.2 Å². The zero-order valence-corrected chi connectivity index (χ0v) is 25.2. The Bertz CT molecular complexity index is 1610. The van der Waals surface area contributed by atoms with E-state index in [4.69, 9.17) is 19.6 Å². The van der Waals surface area contributed by atoms with Crippen LogP contribution in [-0.2, 0) is 4.79 Å². The molecule has 2 aliphatic rings. The first kappa shape index (κ1) is 29.1. The van der Waals surface area contributed by atoms with Gasteiger partial charge in [-0.25, -0.2) is 0 Å². The Labute approximate surface area is 250 Å². The molecule has 0 aliphatic carbocycles. The van der Waals surface area contributed by atoms with Gasteiger partial charge in [-0.1, -0.05) is 61.9 Å². The average molecular weight is 583 g/mol. The number of aryl methyl sites for hydroxylation is 2. The minimum atomic E-state index is -0.480. The molecule has 1 amide bonds. The van der Waals surface area contributed by atoms with Crippen LogP contribution in [0.2, 0.25) is 0 Å². The topological polar surface area (TPSA) is 96.6 Å². The Hall–Kier alpha value is -4.37. The Kier molecular flexibility index (Phi) is 8.77. The lowest BCUT2D eigenvalue weighted by atomic mass is 10.0. The summed E-state index contributed by atoms with van der Waals surface area (Å²) in [6.45, 7) is 11.4. The molecule has 5 rings (SSSR count). The van der Waals surface area contributed by atoms with Crippen LogP contribution in [0.1, 0.15) is 54.5 Å². The van der Waals surface area contributed by atoms with Gasteiger partial charge in [-0.15, -0.1) is 0 Å². The van der Waals surface area contributed by atoms with E-state index in [0.717, 1.165) is 28.0 Å². The summed E-state index contributed by atoms with van der Waals surface area (Å²) >= 11 is 1.28. The van der Waals surface area contributed by atoms with Crippen LogP contribution in [0, 0.1) is 19.3 Å². The molecular weight excluding hydrogens is 548 g/mol. The third kappa shape index (κ3) is 6.41. The van der Waals surface area contributed by atoms with Gasteiger partial charge in [-0.05, 0) is 79.4 Å². The predicted octanol–water partition coefficient (Wildman–Crippen LogP) is 6.95. The van der Waals surface area contributed by atoms with Gasteiger partial charge < -0.3 is 14.2 Å². The molecule has 0 radical (unpaired) electrons. The van der Waals surface area contributed by atoms with Crippen molar-refractivity contribution in [1.29, 1.82) is 5.41 Å². The number of nitrogens with one attached hydrogen (secondary N) is 1. The second kappa shape index (κ2) is 12.7. The van der Waals surface area contributed by atoms with E-state index in [9.17, 15) is 4.79 Å². The number of hydrazone groups is 1. The van der Waals surface area contributed by atoms with E-state index < -0.39 is 5.91 Å². The summed E-state index contributed by atoms with van der Waals surface area (Å²) in [4.78, 5) is 17.2. The molecule has 42 heavy (non-hydrogen) atoms. The molecule has 9 heteroatoms. The van der Waals surface area contributed by atoms with Gasteiger partial charge in [0.15, 0.2) is 17.3 Å². The first-order valence-corrected chi connectivity index (χ1v) is 14.8. The summed E-state index contributed by atoms with van der Waals surface area (Å²) in [6.07, 6.45) is 1.63. The predicted molar refractivity (Wildman–Crippen MR) is 169 cm³/mol. The van der Waals surface area contributed by atoms with Crippen molar-refractivity contribution >= 4 is 39.8 Å². The standard InChI is InChI=1S/C33H34N4O4S/c1-6-39-29-19-23(10-14-27(29)40-15-16-41-28-17-22(5)9-13-25(28)20(2)3)18-26-30(34)37-33(35-31(26)38)42-32(36-37)24-11-7-21(4)8-12-24/h7-14,17-20,34H,6,15-16H2,1-5H3/b26-18+,34-30?. The SMILES string of the molecule is CCOc1cc(/C=C2\C(=N)N3N=C(c4ccc(C)cc4)SC3=NC2=O)ccc1OCCOc1cc(C)ccc1C(C)C. The largest absolute Gasteiger partial charge is 0.490 e. The number of hydrogen-bond acceptors (Lipinski definition) is 7. The number of amides is 1. The maximum absolute atomic E-state index is 12.9. The highest BCUT2D eigenvalue weighted by Gasteiger charge is 2.36. The van der Waals surface area contributed by atoms with E-state index >= 15 is 0 Å². The average Bonchev–Trinajstić information content (AvgIpc) is 3.39. The number of amidine groups is 2. The van der Waals surface area contributed by atoms with Crippen molar-refractivity contribution in [1.82, 2.24) is 5.01 Å². The molecule has 216 valence electrons. The van der Waals surface area contributed by atoms with Crippen molar-refractivity contribution < 1.29 is 19.0 Å². The van der Waals surface area contributed by atoms with Gasteiger partial charge in [0.2, 0.25) is 5.17 Å². The number of rotatable bonds is 10. The highest BCUT2D eigenvalue weighted by atomic mass is 32.2. The van der Waals surface area contributed by atoms with E-state index in [1.54, 1.807) is 18.2 Å². The van der Waals surface area contributed by atoms with E-state index in [0.29, 0.717) is 53.0 Å². The first-order valence-electron chi connectivity index (χ1n) is 13.9. The second-order valence-corrected chi connectivity index (χ2v) is 11.3. The fourth-order valence-corrected chi connectivity index (χ4v) is 5.42. The first-order chi connectivity index (χ1) is 20.2. The molecule has 0 aromatic heterocycles. The Morgan fingerprint density at radius 1 is 0.905 bits per heavy atom. The summed E-state index contributed by atoms with van der Waals surface area (Å²) in [5, 5.41) is 15.8. The third-order valence-electron chi connectivity index (χ3n) is 6.72. The lowest BCUT2D eigenvalue weighted by Gasteiger charge is -2.20.